The van der Waals surface area contributed by atoms with Crippen molar-refractivity contribution in [3.63, 3.8) is 0 Å². The Labute approximate surface area is 182 Å². The third-order valence-electron chi connectivity index (χ3n) is 4.82. The zero-order valence-electron chi connectivity index (χ0n) is 15.9. The fraction of sp³-hybridized carbons (Fsp3) is 0.333. The monoisotopic (exact) mass is 467 g/mol. The Kier molecular flexibility index (Phi) is 5.87. The summed E-state index contributed by atoms with van der Waals surface area (Å²) in [4.78, 5) is 20.5. The minimum Gasteiger partial charge on any atom is -0.339 e. The van der Waals surface area contributed by atoms with Gasteiger partial charge in [0, 0.05) is 43.1 Å². The Morgan fingerprint density at radius 2 is 2.10 bits per heavy atom. The molecule has 0 aliphatic carbocycles. The van der Waals surface area contributed by atoms with Crippen LogP contribution in [-0.2, 0) is 14.8 Å². The van der Waals surface area contributed by atoms with Crippen molar-refractivity contribution in [3.8, 4) is 11.4 Å². The fourth-order valence-corrected chi connectivity index (χ4v) is 5.75. The molecule has 1 saturated heterocycles. The highest BCUT2D eigenvalue weighted by Gasteiger charge is 2.33. The number of carbonyl (C=O) groups excluding carboxylic acids is 1. The number of benzene rings is 1. The summed E-state index contributed by atoms with van der Waals surface area (Å²) in [6.07, 6.45) is 2.44. The lowest BCUT2D eigenvalue weighted by atomic mass is 9.97. The number of hydrogen-bond donors (Lipinski definition) is 1. The van der Waals surface area contributed by atoms with Gasteiger partial charge in [-0.3, -0.25) is 4.79 Å². The first-order valence-corrected chi connectivity index (χ1v) is 11.8. The number of halogens is 1. The molecule has 30 heavy (non-hydrogen) atoms. The van der Waals surface area contributed by atoms with Gasteiger partial charge >= 0.3 is 0 Å². The maximum Gasteiger partial charge on any atom is 0.244 e. The largest absolute Gasteiger partial charge is 0.339 e. The van der Waals surface area contributed by atoms with Crippen LogP contribution < -0.4 is 5.32 Å². The van der Waals surface area contributed by atoms with Gasteiger partial charge in [0.05, 0.1) is 5.02 Å². The van der Waals surface area contributed by atoms with E-state index in [4.69, 9.17) is 16.1 Å². The molecule has 1 fully saturated rings. The number of amides is 1. The van der Waals surface area contributed by atoms with Gasteiger partial charge in [-0.15, -0.1) is 11.3 Å². The minimum atomic E-state index is -3.84. The van der Waals surface area contributed by atoms with Gasteiger partial charge in [-0.2, -0.15) is 9.29 Å². The molecule has 0 saturated carbocycles. The van der Waals surface area contributed by atoms with Crippen LogP contribution in [0.15, 0.2) is 39.2 Å². The van der Waals surface area contributed by atoms with Gasteiger partial charge < -0.3 is 9.84 Å². The molecule has 2 aromatic heterocycles. The van der Waals surface area contributed by atoms with Gasteiger partial charge in [0.15, 0.2) is 5.13 Å². The quantitative estimate of drug-likeness (QED) is 0.612. The lowest BCUT2D eigenvalue weighted by molar-refractivity contribution is -0.120. The number of aryl methyl sites for hydroxylation is 1. The predicted octanol–water partition coefficient (Wildman–Crippen LogP) is 3.19. The summed E-state index contributed by atoms with van der Waals surface area (Å²) in [5.74, 6) is 0.250. The Bertz CT molecular complexity index is 1160. The van der Waals surface area contributed by atoms with Gasteiger partial charge in [0.25, 0.3) is 0 Å². The molecule has 0 atom stereocenters. The van der Waals surface area contributed by atoms with Crippen molar-refractivity contribution >= 4 is 44.0 Å². The van der Waals surface area contributed by atoms with Gasteiger partial charge in [-0.25, -0.2) is 13.4 Å². The van der Waals surface area contributed by atoms with Gasteiger partial charge in [0.2, 0.25) is 27.6 Å². The second kappa shape index (κ2) is 8.42. The zero-order chi connectivity index (χ0) is 21.3. The average molecular weight is 468 g/mol. The van der Waals surface area contributed by atoms with E-state index in [0.717, 1.165) is 0 Å². The molecule has 0 spiro atoms. The van der Waals surface area contributed by atoms with E-state index in [1.54, 1.807) is 24.6 Å². The number of hydrogen-bond acceptors (Lipinski definition) is 8. The van der Waals surface area contributed by atoms with E-state index in [9.17, 15) is 13.2 Å². The summed E-state index contributed by atoms with van der Waals surface area (Å²) in [6, 6.07) is 4.59. The molecule has 1 aromatic carbocycles. The second-order valence-electron chi connectivity index (χ2n) is 6.79. The van der Waals surface area contributed by atoms with E-state index < -0.39 is 10.0 Å². The number of rotatable bonds is 5. The molecule has 1 amide bonds. The predicted molar refractivity (Wildman–Crippen MR) is 112 cm³/mol. The van der Waals surface area contributed by atoms with Crippen molar-refractivity contribution in [2.24, 2.45) is 5.92 Å². The van der Waals surface area contributed by atoms with Crippen LogP contribution in [0.3, 0.4) is 0 Å². The molecule has 1 aliphatic rings. The van der Waals surface area contributed by atoms with Crippen LogP contribution in [-0.4, -0.2) is 46.8 Å². The van der Waals surface area contributed by atoms with E-state index in [-0.39, 0.29) is 40.7 Å². The molecular formula is C18H18ClN5O4S2. The fourth-order valence-electron chi connectivity index (χ4n) is 3.25. The third-order valence-corrected chi connectivity index (χ3v) is 7.89. The van der Waals surface area contributed by atoms with Crippen molar-refractivity contribution in [2.45, 2.75) is 24.7 Å². The summed E-state index contributed by atoms with van der Waals surface area (Å²) >= 11 is 7.55. The first-order valence-electron chi connectivity index (χ1n) is 9.15. The molecule has 1 aliphatic heterocycles. The number of aromatic nitrogens is 3. The molecule has 9 nitrogen and oxygen atoms in total. The molecule has 4 rings (SSSR count). The van der Waals surface area contributed by atoms with Crippen molar-refractivity contribution < 1.29 is 17.7 Å². The lowest BCUT2D eigenvalue weighted by Gasteiger charge is -2.30. The van der Waals surface area contributed by atoms with Crippen molar-refractivity contribution in [2.75, 3.05) is 18.4 Å². The van der Waals surface area contributed by atoms with Crippen LogP contribution in [0, 0.1) is 12.8 Å². The number of nitrogens with zero attached hydrogens (tertiary/aromatic N) is 4. The Morgan fingerprint density at radius 1 is 1.33 bits per heavy atom. The van der Waals surface area contributed by atoms with Crippen molar-refractivity contribution in [1.82, 2.24) is 19.4 Å². The highest BCUT2D eigenvalue weighted by atomic mass is 35.5. The van der Waals surface area contributed by atoms with Crippen molar-refractivity contribution in [3.05, 3.63) is 40.7 Å². The molecule has 3 aromatic rings. The number of thiazole rings is 1. The number of carbonyl (C=O) groups is 1. The van der Waals surface area contributed by atoms with Gasteiger partial charge in [-0.1, -0.05) is 16.8 Å². The lowest BCUT2D eigenvalue weighted by Crippen LogP contribution is -2.41. The SMILES string of the molecule is Cc1nc(-c2ccc(Cl)c(S(=O)(=O)N3CCC(C(=O)Nc4nccs4)CC3)c2)no1. The van der Waals surface area contributed by atoms with E-state index in [1.807, 2.05) is 0 Å². The maximum absolute atomic E-state index is 13.2. The smallest absolute Gasteiger partial charge is 0.244 e. The summed E-state index contributed by atoms with van der Waals surface area (Å²) in [5.41, 5.74) is 0.493. The number of nitrogens with one attached hydrogen (secondary N) is 1. The molecular weight excluding hydrogens is 450 g/mol. The minimum absolute atomic E-state index is 0.0187. The van der Waals surface area contributed by atoms with E-state index in [1.165, 1.54) is 27.8 Å². The molecule has 1 N–H and O–H groups in total. The van der Waals surface area contributed by atoms with Gasteiger partial charge in [0.1, 0.15) is 4.90 Å². The van der Waals surface area contributed by atoms with E-state index in [2.05, 4.69) is 20.4 Å². The summed E-state index contributed by atoms with van der Waals surface area (Å²) in [6.45, 7) is 2.10. The van der Waals surface area contributed by atoms with E-state index in [0.29, 0.717) is 29.4 Å². The number of sulfonamides is 1. The third kappa shape index (κ3) is 4.24. The Morgan fingerprint density at radius 3 is 2.73 bits per heavy atom. The maximum atomic E-state index is 13.2. The van der Waals surface area contributed by atoms with E-state index >= 15 is 0 Å². The van der Waals surface area contributed by atoms with Crippen LogP contribution in [0.4, 0.5) is 5.13 Å². The summed E-state index contributed by atoms with van der Waals surface area (Å²) in [7, 11) is -3.84. The molecule has 3 heterocycles. The summed E-state index contributed by atoms with van der Waals surface area (Å²) in [5, 5.41) is 9.02. The zero-order valence-corrected chi connectivity index (χ0v) is 18.3. The first-order chi connectivity index (χ1) is 14.3. The molecule has 0 unspecified atom stereocenters. The molecule has 12 heteroatoms. The highest BCUT2D eigenvalue weighted by molar-refractivity contribution is 7.89. The highest BCUT2D eigenvalue weighted by Crippen LogP contribution is 2.31. The molecule has 0 radical (unpaired) electrons. The average Bonchev–Trinajstić information content (AvgIpc) is 3.40. The number of piperidine rings is 1. The Hall–Kier alpha value is -2.34. The Balaban J connectivity index is 1.49. The number of anilines is 1. The molecule has 0 bridgehead atoms. The van der Waals surface area contributed by atoms with Crippen LogP contribution in [0.5, 0.6) is 0 Å². The first kappa shape index (κ1) is 20.9. The van der Waals surface area contributed by atoms with Crippen LogP contribution in [0.2, 0.25) is 5.02 Å². The van der Waals surface area contributed by atoms with Crippen LogP contribution in [0.25, 0.3) is 11.4 Å². The van der Waals surface area contributed by atoms with Crippen molar-refractivity contribution in [1.29, 1.82) is 0 Å². The standard InChI is InChI=1S/C18H18ClN5O4S2/c1-11-21-16(23-28-11)13-2-3-14(19)15(10-13)30(26,27)24-7-4-12(5-8-24)17(25)22-18-20-6-9-29-18/h2-3,6,9-10,12H,4-5,7-8H2,1H3,(H,20,22,25). The molecule has 158 valence electrons. The topological polar surface area (TPSA) is 118 Å². The second-order valence-corrected chi connectivity index (χ2v) is 10.00. The normalized spacial score (nSPS) is 15.9. The van der Waals surface area contributed by atoms with Gasteiger partial charge in [-0.05, 0) is 31.0 Å². The van der Waals surface area contributed by atoms with Crippen LogP contribution >= 0.6 is 22.9 Å². The van der Waals surface area contributed by atoms with Crippen LogP contribution in [0.1, 0.15) is 18.7 Å². The summed E-state index contributed by atoms with van der Waals surface area (Å²) < 4.78 is 32.7.